The minimum Gasteiger partial charge on any atom is -0.486 e. The summed E-state index contributed by atoms with van der Waals surface area (Å²) in [6.07, 6.45) is 1.45. The van der Waals surface area contributed by atoms with Gasteiger partial charge in [0.15, 0.2) is 5.75 Å². The summed E-state index contributed by atoms with van der Waals surface area (Å²) in [4.78, 5) is 12.5. The van der Waals surface area contributed by atoms with Crippen molar-refractivity contribution in [2.45, 2.75) is 13.5 Å². The van der Waals surface area contributed by atoms with E-state index in [1.807, 2.05) is 25.1 Å². The second-order valence-corrected chi connectivity index (χ2v) is 7.98. The zero-order valence-corrected chi connectivity index (χ0v) is 18.8. The highest BCUT2D eigenvalue weighted by Gasteiger charge is 2.13. The highest BCUT2D eigenvalue weighted by molar-refractivity contribution is 9.10. The number of amides is 1. The smallest absolute Gasteiger partial charge is 0.266 e. The van der Waals surface area contributed by atoms with Crippen molar-refractivity contribution in [1.29, 1.82) is 5.26 Å². The molecule has 0 saturated heterocycles. The number of carbonyl (C=O) groups excluding carboxylic acids is 1. The minimum absolute atomic E-state index is 0.0662. The lowest BCUT2D eigenvalue weighted by molar-refractivity contribution is -0.112. The molecular formula is C24H17BrClFN2O2. The Kier molecular flexibility index (Phi) is 7.45. The van der Waals surface area contributed by atoms with Gasteiger partial charge in [0.2, 0.25) is 0 Å². The van der Waals surface area contributed by atoms with E-state index in [4.69, 9.17) is 16.3 Å². The fraction of sp³-hybridized carbons (Fsp3) is 0.0833. The lowest BCUT2D eigenvalue weighted by Crippen LogP contribution is -2.13. The van der Waals surface area contributed by atoms with E-state index < -0.39 is 5.91 Å². The number of hydrogen-bond donors (Lipinski definition) is 1. The number of nitrogens with zero attached hydrogens (tertiary/aromatic N) is 1. The average molecular weight is 500 g/mol. The summed E-state index contributed by atoms with van der Waals surface area (Å²) in [5, 5.41) is 12.4. The zero-order chi connectivity index (χ0) is 22.4. The van der Waals surface area contributed by atoms with E-state index in [0.29, 0.717) is 26.5 Å². The summed E-state index contributed by atoms with van der Waals surface area (Å²) in [7, 11) is 0. The molecule has 0 aliphatic carbocycles. The van der Waals surface area contributed by atoms with Crippen LogP contribution < -0.4 is 10.1 Å². The van der Waals surface area contributed by atoms with E-state index in [1.165, 1.54) is 18.2 Å². The standard InChI is InChI=1S/C24H17BrClFN2O2/c1-15-2-8-20(9-3-15)29-24(30)18(13-28)10-17-11-21(25)23(22(26)12-17)31-14-16-4-6-19(27)7-5-16/h2-12H,14H2,1H3,(H,29,30)/b18-10-. The van der Waals surface area contributed by atoms with Gasteiger partial charge in [-0.05, 0) is 76.5 Å². The molecule has 0 saturated carbocycles. The first-order valence-corrected chi connectivity index (χ1v) is 10.4. The Morgan fingerprint density at radius 1 is 1.19 bits per heavy atom. The quantitative estimate of drug-likeness (QED) is 0.304. The first-order chi connectivity index (χ1) is 14.9. The molecule has 3 rings (SSSR count). The Morgan fingerprint density at radius 2 is 1.87 bits per heavy atom. The van der Waals surface area contributed by atoms with Gasteiger partial charge in [0.25, 0.3) is 5.91 Å². The first kappa shape index (κ1) is 22.5. The maximum absolute atomic E-state index is 13.0. The zero-order valence-electron chi connectivity index (χ0n) is 16.5. The molecule has 0 atom stereocenters. The van der Waals surface area contributed by atoms with Crippen LogP contribution in [0.1, 0.15) is 16.7 Å². The second-order valence-electron chi connectivity index (χ2n) is 6.72. The molecule has 0 bridgehead atoms. The number of benzene rings is 3. The molecule has 3 aromatic rings. The van der Waals surface area contributed by atoms with Crippen LogP contribution in [0, 0.1) is 24.1 Å². The third-order valence-corrected chi connectivity index (χ3v) is 5.17. The Morgan fingerprint density at radius 3 is 2.48 bits per heavy atom. The number of nitriles is 1. The van der Waals surface area contributed by atoms with E-state index >= 15 is 0 Å². The minimum atomic E-state index is -0.518. The Bertz CT molecular complexity index is 1150. The van der Waals surface area contributed by atoms with E-state index in [-0.39, 0.29) is 18.0 Å². The van der Waals surface area contributed by atoms with E-state index in [0.717, 1.165) is 11.1 Å². The van der Waals surface area contributed by atoms with Crippen molar-refractivity contribution in [2.75, 3.05) is 5.32 Å². The average Bonchev–Trinajstić information content (AvgIpc) is 2.74. The molecule has 4 nitrogen and oxygen atoms in total. The molecule has 31 heavy (non-hydrogen) atoms. The van der Waals surface area contributed by atoms with Crippen LogP contribution in [0.4, 0.5) is 10.1 Å². The van der Waals surface area contributed by atoms with Crippen molar-refractivity contribution in [3.05, 3.63) is 98.2 Å². The predicted molar refractivity (Wildman–Crippen MR) is 123 cm³/mol. The molecule has 156 valence electrons. The summed E-state index contributed by atoms with van der Waals surface area (Å²) in [6.45, 7) is 2.15. The highest BCUT2D eigenvalue weighted by Crippen LogP contribution is 2.35. The summed E-state index contributed by atoms with van der Waals surface area (Å²) in [5.41, 5.74) is 2.94. The van der Waals surface area contributed by atoms with Crippen molar-refractivity contribution in [3.63, 3.8) is 0 Å². The highest BCUT2D eigenvalue weighted by atomic mass is 79.9. The van der Waals surface area contributed by atoms with Crippen LogP contribution in [-0.4, -0.2) is 5.91 Å². The van der Waals surface area contributed by atoms with Crippen LogP contribution >= 0.6 is 27.5 Å². The molecule has 0 unspecified atom stereocenters. The maximum Gasteiger partial charge on any atom is 0.266 e. The van der Waals surface area contributed by atoms with Gasteiger partial charge in [-0.15, -0.1) is 0 Å². The number of hydrogen-bond acceptors (Lipinski definition) is 3. The van der Waals surface area contributed by atoms with Crippen LogP contribution in [0.3, 0.4) is 0 Å². The third kappa shape index (κ3) is 6.17. The second kappa shape index (κ2) is 10.3. The van der Waals surface area contributed by atoms with Gasteiger partial charge in [0.05, 0.1) is 9.50 Å². The van der Waals surface area contributed by atoms with Gasteiger partial charge >= 0.3 is 0 Å². The number of carbonyl (C=O) groups is 1. The largest absolute Gasteiger partial charge is 0.486 e. The van der Waals surface area contributed by atoms with Gasteiger partial charge in [0.1, 0.15) is 24.1 Å². The number of ether oxygens (including phenoxy) is 1. The lowest BCUT2D eigenvalue weighted by Gasteiger charge is -2.11. The maximum atomic E-state index is 13.0. The fourth-order valence-electron chi connectivity index (χ4n) is 2.69. The Hall–Kier alpha value is -3.14. The summed E-state index contributed by atoms with van der Waals surface area (Å²) in [5.74, 6) is -0.431. The molecular weight excluding hydrogens is 483 g/mol. The van der Waals surface area contributed by atoms with E-state index in [2.05, 4.69) is 21.2 Å². The van der Waals surface area contributed by atoms with Crippen molar-refractivity contribution in [3.8, 4) is 11.8 Å². The van der Waals surface area contributed by atoms with Gasteiger partial charge in [0, 0.05) is 5.69 Å². The number of rotatable bonds is 6. The lowest BCUT2D eigenvalue weighted by atomic mass is 10.1. The molecule has 0 heterocycles. The molecule has 7 heteroatoms. The number of nitrogens with one attached hydrogen (secondary N) is 1. The van der Waals surface area contributed by atoms with Gasteiger partial charge in [-0.2, -0.15) is 5.26 Å². The third-order valence-electron chi connectivity index (χ3n) is 4.30. The van der Waals surface area contributed by atoms with E-state index in [1.54, 1.807) is 36.4 Å². The van der Waals surface area contributed by atoms with Crippen molar-refractivity contribution < 1.29 is 13.9 Å². The molecule has 0 fully saturated rings. The fourth-order valence-corrected chi connectivity index (χ4v) is 3.68. The van der Waals surface area contributed by atoms with Gasteiger partial charge in [-0.3, -0.25) is 4.79 Å². The normalized spacial score (nSPS) is 11.0. The Labute approximate surface area is 193 Å². The van der Waals surface area contributed by atoms with Crippen molar-refractivity contribution in [2.24, 2.45) is 0 Å². The summed E-state index contributed by atoms with van der Waals surface area (Å²) >= 11 is 9.76. The topological polar surface area (TPSA) is 62.1 Å². The van der Waals surface area contributed by atoms with Crippen LogP contribution in [0.2, 0.25) is 5.02 Å². The van der Waals surface area contributed by atoms with E-state index in [9.17, 15) is 14.4 Å². The van der Waals surface area contributed by atoms with Crippen molar-refractivity contribution in [1.82, 2.24) is 0 Å². The molecule has 1 N–H and O–H groups in total. The number of anilines is 1. The van der Waals surface area contributed by atoms with Gasteiger partial charge in [-0.1, -0.05) is 41.4 Å². The van der Waals surface area contributed by atoms with Crippen LogP contribution in [0.25, 0.3) is 6.08 Å². The first-order valence-electron chi connectivity index (χ1n) is 9.22. The number of aryl methyl sites for hydroxylation is 1. The molecule has 0 aliphatic rings. The Balaban J connectivity index is 1.76. The van der Waals surface area contributed by atoms with Gasteiger partial charge in [-0.25, -0.2) is 4.39 Å². The van der Waals surface area contributed by atoms with Gasteiger partial charge < -0.3 is 10.1 Å². The van der Waals surface area contributed by atoms with Crippen LogP contribution in [0.15, 0.2) is 70.7 Å². The number of halogens is 3. The van der Waals surface area contributed by atoms with Crippen molar-refractivity contribution >= 4 is 45.2 Å². The molecule has 0 aliphatic heterocycles. The summed E-state index contributed by atoms with van der Waals surface area (Å²) in [6, 6.07) is 18.4. The molecule has 0 radical (unpaired) electrons. The predicted octanol–water partition coefficient (Wildman–Crippen LogP) is 6.67. The molecule has 0 spiro atoms. The summed E-state index contributed by atoms with van der Waals surface area (Å²) < 4.78 is 19.3. The molecule has 1 amide bonds. The molecule has 0 aromatic heterocycles. The monoisotopic (exact) mass is 498 g/mol. The molecule has 3 aromatic carbocycles. The van der Waals surface area contributed by atoms with Crippen LogP contribution in [-0.2, 0) is 11.4 Å². The van der Waals surface area contributed by atoms with Crippen LogP contribution in [0.5, 0.6) is 5.75 Å². The SMILES string of the molecule is Cc1ccc(NC(=O)/C(C#N)=C\c2cc(Cl)c(OCc3ccc(F)cc3)c(Br)c2)cc1.